The van der Waals surface area contributed by atoms with Gasteiger partial charge >= 0.3 is 5.97 Å². The van der Waals surface area contributed by atoms with Crippen LogP contribution in [0, 0.1) is 6.92 Å². The number of esters is 1. The maximum absolute atomic E-state index is 11.3. The summed E-state index contributed by atoms with van der Waals surface area (Å²) in [4.78, 5) is 11.3. The van der Waals surface area contributed by atoms with Gasteiger partial charge in [-0.15, -0.1) is 0 Å². The number of furan rings is 1. The van der Waals surface area contributed by atoms with Crippen molar-refractivity contribution in [1.82, 2.24) is 5.32 Å². The molecule has 1 heterocycles. The van der Waals surface area contributed by atoms with E-state index in [0.717, 1.165) is 0 Å². The lowest BCUT2D eigenvalue weighted by molar-refractivity contribution is 0.0600. The lowest BCUT2D eigenvalue weighted by atomic mass is 10.0. The zero-order valence-corrected chi connectivity index (χ0v) is 12.0. The molecule has 1 atom stereocenters. The molecule has 0 aliphatic heterocycles. The van der Waals surface area contributed by atoms with Gasteiger partial charge in [0.2, 0.25) is 0 Å². The van der Waals surface area contributed by atoms with Crippen LogP contribution in [-0.2, 0) is 11.3 Å². The van der Waals surface area contributed by atoms with E-state index in [0.29, 0.717) is 17.9 Å². The van der Waals surface area contributed by atoms with Crippen LogP contribution in [0.2, 0.25) is 0 Å². The minimum atomic E-state index is -0.382. The highest BCUT2D eigenvalue weighted by molar-refractivity contribution is 5.88. The van der Waals surface area contributed by atoms with Gasteiger partial charge in [-0.3, -0.25) is 0 Å². The number of carbonyl (C=O) groups excluding carboxylic acids is 1. The van der Waals surface area contributed by atoms with Crippen molar-refractivity contribution >= 4 is 5.97 Å². The second-order valence-electron chi connectivity index (χ2n) is 4.75. The average Bonchev–Trinajstić information content (AvgIpc) is 2.93. The molecule has 2 aromatic rings. The van der Waals surface area contributed by atoms with E-state index in [9.17, 15) is 4.79 Å². The molecule has 0 bridgehead atoms. The van der Waals surface area contributed by atoms with E-state index in [1.807, 2.05) is 12.1 Å². The Morgan fingerprint density at radius 2 is 2.15 bits per heavy atom. The van der Waals surface area contributed by atoms with Crippen LogP contribution in [-0.4, -0.2) is 13.1 Å². The highest BCUT2D eigenvalue weighted by atomic mass is 16.5. The third-order valence-electron chi connectivity index (χ3n) is 3.31. The third-order valence-corrected chi connectivity index (χ3v) is 3.31. The fourth-order valence-corrected chi connectivity index (χ4v) is 2.13. The zero-order valence-electron chi connectivity index (χ0n) is 12.0. The zero-order chi connectivity index (χ0) is 14.5. The van der Waals surface area contributed by atoms with Crippen LogP contribution in [0.15, 0.2) is 41.0 Å². The van der Waals surface area contributed by atoms with E-state index in [1.54, 1.807) is 6.07 Å². The first-order chi connectivity index (χ1) is 9.61. The molecule has 0 saturated carbocycles. The van der Waals surface area contributed by atoms with Crippen molar-refractivity contribution in [1.29, 1.82) is 0 Å². The summed E-state index contributed by atoms with van der Waals surface area (Å²) >= 11 is 0. The largest absolute Gasteiger partial charge is 0.467 e. The Labute approximate surface area is 118 Å². The molecule has 0 saturated heterocycles. The minimum absolute atomic E-state index is 0.211. The van der Waals surface area contributed by atoms with Crippen LogP contribution < -0.4 is 5.32 Å². The molecule has 0 aliphatic rings. The quantitative estimate of drug-likeness (QED) is 0.850. The summed E-state index contributed by atoms with van der Waals surface area (Å²) in [6.07, 6.45) is 1.42. The number of benzene rings is 1. The summed E-state index contributed by atoms with van der Waals surface area (Å²) in [5, 5.41) is 3.38. The first-order valence-electron chi connectivity index (χ1n) is 6.56. The molecule has 106 valence electrons. The predicted molar refractivity (Wildman–Crippen MR) is 76.5 cm³/mol. The number of carbonyl (C=O) groups is 1. The smallest absolute Gasteiger partial charge is 0.341 e. The number of hydrogen-bond donors (Lipinski definition) is 1. The summed E-state index contributed by atoms with van der Waals surface area (Å²) in [7, 11) is 1.35. The molecule has 0 aliphatic carbocycles. The molecule has 0 radical (unpaired) electrons. The number of aryl methyl sites for hydroxylation is 1. The van der Waals surface area contributed by atoms with Gasteiger partial charge in [0.15, 0.2) is 0 Å². The van der Waals surface area contributed by atoms with E-state index >= 15 is 0 Å². The van der Waals surface area contributed by atoms with Crippen molar-refractivity contribution < 1.29 is 13.9 Å². The maximum Gasteiger partial charge on any atom is 0.341 e. The Morgan fingerprint density at radius 1 is 1.40 bits per heavy atom. The number of nitrogens with one attached hydrogen (secondary N) is 1. The molecule has 20 heavy (non-hydrogen) atoms. The minimum Gasteiger partial charge on any atom is -0.467 e. The van der Waals surface area contributed by atoms with Gasteiger partial charge in [-0.05, 0) is 31.0 Å². The molecule has 0 unspecified atom stereocenters. The van der Waals surface area contributed by atoms with Gasteiger partial charge < -0.3 is 14.5 Å². The lowest BCUT2D eigenvalue weighted by Crippen LogP contribution is -2.18. The number of methoxy groups -OCH3 is 1. The van der Waals surface area contributed by atoms with Crippen LogP contribution in [0.3, 0.4) is 0 Å². The van der Waals surface area contributed by atoms with Crippen LogP contribution in [0.25, 0.3) is 0 Å². The van der Waals surface area contributed by atoms with Crippen LogP contribution >= 0.6 is 0 Å². The summed E-state index contributed by atoms with van der Waals surface area (Å²) in [6.45, 7) is 4.76. The highest BCUT2D eigenvalue weighted by Gasteiger charge is 2.12. The van der Waals surface area contributed by atoms with Crippen LogP contribution in [0.1, 0.15) is 40.2 Å². The molecular weight excluding hydrogens is 254 g/mol. The molecule has 1 aromatic carbocycles. The van der Waals surface area contributed by atoms with Crippen molar-refractivity contribution in [3.63, 3.8) is 0 Å². The molecular formula is C16H19NO3. The first-order valence-corrected chi connectivity index (χ1v) is 6.56. The van der Waals surface area contributed by atoms with Gasteiger partial charge in [-0.1, -0.05) is 24.3 Å². The maximum atomic E-state index is 11.3. The number of ether oxygens (including phenoxy) is 1. The fraction of sp³-hybridized carbons (Fsp3) is 0.312. The Hall–Kier alpha value is -2.07. The lowest BCUT2D eigenvalue weighted by Gasteiger charge is -2.15. The molecule has 0 amide bonds. The Bertz CT molecular complexity index is 589. The number of rotatable bonds is 5. The Kier molecular flexibility index (Phi) is 4.58. The van der Waals surface area contributed by atoms with Gasteiger partial charge in [-0.2, -0.15) is 0 Å². The second-order valence-corrected chi connectivity index (χ2v) is 4.75. The average molecular weight is 273 g/mol. The van der Waals surface area contributed by atoms with Crippen LogP contribution in [0.5, 0.6) is 0 Å². The van der Waals surface area contributed by atoms with E-state index in [2.05, 4.69) is 36.0 Å². The van der Waals surface area contributed by atoms with Crippen molar-refractivity contribution in [2.24, 2.45) is 0 Å². The van der Waals surface area contributed by atoms with Gasteiger partial charge in [-0.25, -0.2) is 4.79 Å². The molecule has 0 fully saturated rings. The summed E-state index contributed by atoms with van der Waals surface area (Å²) in [5.41, 5.74) is 2.95. The topological polar surface area (TPSA) is 51.5 Å². The van der Waals surface area contributed by atoms with Gasteiger partial charge in [0.1, 0.15) is 12.0 Å². The molecule has 2 rings (SSSR count). The summed E-state index contributed by atoms with van der Waals surface area (Å²) in [5.74, 6) is 0.331. The number of hydrogen-bond acceptors (Lipinski definition) is 4. The van der Waals surface area contributed by atoms with Gasteiger partial charge in [0.25, 0.3) is 0 Å². The van der Waals surface area contributed by atoms with E-state index in [4.69, 9.17) is 4.42 Å². The highest BCUT2D eigenvalue weighted by Crippen LogP contribution is 2.17. The van der Waals surface area contributed by atoms with Crippen LogP contribution in [0.4, 0.5) is 0 Å². The van der Waals surface area contributed by atoms with Gasteiger partial charge in [0.05, 0.1) is 19.2 Å². The van der Waals surface area contributed by atoms with E-state index in [1.165, 1.54) is 24.5 Å². The Morgan fingerprint density at radius 3 is 2.85 bits per heavy atom. The molecule has 1 aromatic heterocycles. The van der Waals surface area contributed by atoms with Crippen molar-refractivity contribution in [3.8, 4) is 0 Å². The first kappa shape index (κ1) is 14.3. The van der Waals surface area contributed by atoms with Crippen molar-refractivity contribution in [2.45, 2.75) is 26.4 Å². The normalized spacial score (nSPS) is 12.2. The third kappa shape index (κ3) is 3.27. The van der Waals surface area contributed by atoms with E-state index < -0.39 is 0 Å². The fourth-order valence-electron chi connectivity index (χ4n) is 2.13. The van der Waals surface area contributed by atoms with Crippen molar-refractivity contribution in [3.05, 3.63) is 59.0 Å². The predicted octanol–water partition coefficient (Wildman–Crippen LogP) is 3.23. The summed E-state index contributed by atoms with van der Waals surface area (Å²) in [6, 6.07) is 10.2. The SMILES string of the molecule is COC(=O)c1coc(CN[C@H](C)c2ccccc2C)c1. The Balaban J connectivity index is 1.97. The monoisotopic (exact) mass is 273 g/mol. The molecule has 1 N–H and O–H groups in total. The second kappa shape index (κ2) is 6.39. The molecule has 4 heteroatoms. The standard InChI is InChI=1S/C16H19NO3/c1-11-6-4-5-7-15(11)12(2)17-9-14-8-13(10-20-14)16(18)19-3/h4-8,10,12,17H,9H2,1-3H3/t12-/m1/s1. The molecule has 0 spiro atoms. The molecule has 4 nitrogen and oxygen atoms in total. The summed E-state index contributed by atoms with van der Waals surface area (Å²) < 4.78 is 9.98. The van der Waals surface area contributed by atoms with E-state index in [-0.39, 0.29) is 12.0 Å². The van der Waals surface area contributed by atoms with Crippen molar-refractivity contribution in [2.75, 3.05) is 7.11 Å². The van der Waals surface area contributed by atoms with Gasteiger partial charge in [0, 0.05) is 6.04 Å².